The van der Waals surface area contributed by atoms with Crippen LogP contribution in [0.3, 0.4) is 0 Å². The molecule has 0 radical (unpaired) electrons. The summed E-state index contributed by atoms with van der Waals surface area (Å²) in [5.74, 6) is 1.92. The first kappa shape index (κ1) is 22.9. The average Bonchev–Trinajstić information content (AvgIpc) is 2.32. The van der Waals surface area contributed by atoms with E-state index < -0.39 is 0 Å². The fraction of sp³-hybridized carbons (Fsp3) is 0.833. The summed E-state index contributed by atoms with van der Waals surface area (Å²) in [7, 11) is 25.5. The van der Waals surface area contributed by atoms with Gasteiger partial charge in [0.2, 0.25) is 0 Å². The normalized spacial score (nSPS) is 9.24. The fourth-order valence-corrected chi connectivity index (χ4v) is 1.67. The number of aliphatic imine (C=N–C) groups is 2. The van der Waals surface area contributed by atoms with E-state index in [9.17, 15) is 0 Å². The predicted molar refractivity (Wildman–Crippen MR) is 91.1 cm³/mol. The van der Waals surface area contributed by atoms with Crippen molar-refractivity contribution in [2.75, 3.05) is 69.5 Å². The molecule has 0 aromatic heterocycles. The molecule has 128 valence electrons. The summed E-state index contributed by atoms with van der Waals surface area (Å²) in [6.07, 6.45) is 0. The van der Waals surface area contributed by atoms with Crippen LogP contribution in [0, 0.1) is 0 Å². The van der Waals surface area contributed by atoms with Gasteiger partial charge in [-0.2, -0.15) is 0 Å². The third kappa shape index (κ3) is 11.9. The van der Waals surface area contributed by atoms with Crippen LogP contribution in [0.2, 0.25) is 0 Å². The molecule has 0 aliphatic heterocycles. The van der Waals surface area contributed by atoms with Gasteiger partial charge in [-0.25, -0.2) is 0 Å². The van der Waals surface area contributed by atoms with Gasteiger partial charge < -0.3 is 19.6 Å². The van der Waals surface area contributed by atoms with Gasteiger partial charge in [0, 0.05) is 56.4 Å². The monoisotopic (exact) mass is 382 g/mol. The zero-order chi connectivity index (χ0) is 17.0. The van der Waals surface area contributed by atoms with E-state index in [1.54, 1.807) is 0 Å². The Balaban J connectivity index is 0. The van der Waals surface area contributed by atoms with Crippen molar-refractivity contribution in [1.29, 1.82) is 0 Å². The van der Waals surface area contributed by atoms with Crippen molar-refractivity contribution in [2.45, 2.75) is 0 Å². The van der Waals surface area contributed by atoms with E-state index in [1.807, 2.05) is 76.0 Å². The van der Waals surface area contributed by atoms with Crippen molar-refractivity contribution >= 4 is 32.1 Å². The molecule has 0 aromatic rings. The van der Waals surface area contributed by atoms with Crippen molar-refractivity contribution in [3.05, 3.63) is 0 Å². The van der Waals surface area contributed by atoms with E-state index in [2.05, 4.69) is 9.98 Å². The number of hydrogen-bond acceptors (Lipinski definition) is 2. The van der Waals surface area contributed by atoms with E-state index in [0.29, 0.717) is 13.1 Å². The maximum absolute atomic E-state index is 4.76. The van der Waals surface area contributed by atoms with Crippen LogP contribution in [0.4, 0.5) is 0 Å². The Morgan fingerprint density at radius 1 is 0.667 bits per heavy atom. The summed E-state index contributed by atoms with van der Waals surface area (Å²) in [6, 6.07) is 0. The molecule has 0 amide bonds. The van der Waals surface area contributed by atoms with Crippen molar-refractivity contribution < 1.29 is 13.1 Å². The van der Waals surface area contributed by atoms with Crippen LogP contribution >= 0.6 is 20.2 Å². The van der Waals surface area contributed by atoms with Gasteiger partial charge in [0.1, 0.15) is 0 Å². The molecular weight excluding hydrogens is 355 g/mol. The number of halogens is 2. The quantitative estimate of drug-likeness (QED) is 0.319. The summed E-state index contributed by atoms with van der Waals surface area (Å²) in [5, 5.41) is 0. The average molecular weight is 383 g/mol. The molecule has 0 saturated heterocycles. The molecule has 0 aliphatic carbocycles. The van der Waals surface area contributed by atoms with Crippen LogP contribution in [0.15, 0.2) is 9.98 Å². The maximum atomic E-state index is 4.76. The second-order valence-electron chi connectivity index (χ2n) is 4.99. The number of nitrogens with zero attached hydrogens (tertiary/aromatic N) is 6. The zero-order valence-electron chi connectivity index (χ0n) is 14.2. The van der Waals surface area contributed by atoms with Crippen LogP contribution < -0.4 is 0 Å². The third-order valence-electron chi connectivity index (χ3n) is 2.21. The number of guanidine groups is 2. The molecule has 0 saturated carbocycles. The predicted octanol–water partition coefficient (Wildman–Crippen LogP) is 1.32. The van der Waals surface area contributed by atoms with Gasteiger partial charge in [-0.3, -0.25) is 9.98 Å². The minimum atomic E-state index is 0.194. The Kier molecular flexibility index (Phi) is 14.5. The third-order valence-corrected chi connectivity index (χ3v) is 2.21. The standard InChI is InChI=1S/C12H28N6.2ClH.Fe/c1-15(2)11(16(3)4)13-9-10-14-12(17(5)6)18(7)8;;;/h9-10H2,1-8H3;2*1H;/q;;;+2/p-2. The zero-order valence-corrected chi connectivity index (χ0v) is 16.8. The summed E-state index contributed by atoms with van der Waals surface area (Å²) in [4.78, 5) is 17.1. The second kappa shape index (κ2) is 13.3. The Bertz CT molecular complexity index is 269. The Labute approximate surface area is 144 Å². The molecule has 21 heavy (non-hydrogen) atoms. The van der Waals surface area contributed by atoms with Gasteiger partial charge in [0.15, 0.2) is 11.9 Å². The SMILES string of the molecule is CN(C)C(=NCCN=C(N(C)C)N(C)C)N(C)C.[Cl][Fe][Cl]. The molecule has 0 aliphatic rings. The molecule has 0 fully saturated rings. The van der Waals surface area contributed by atoms with Gasteiger partial charge in [-0.05, 0) is 0 Å². The topological polar surface area (TPSA) is 37.7 Å². The van der Waals surface area contributed by atoms with Crippen molar-refractivity contribution in [3.63, 3.8) is 0 Å². The van der Waals surface area contributed by atoms with Crippen molar-refractivity contribution in [1.82, 2.24) is 19.6 Å². The van der Waals surface area contributed by atoms with E-state index in [1.165, 1.54) is 0 Å². The molecule has 0 atom stereocenters. The van der Waals surface area contributed by atoms with E-state index in [0.717, 1.165) is 11.9 Å². The van der Waals surface area contributed by atoms with E-state index >= 15 is 0 Å². The van der Waals surface area contributed by atoms with Crippen molar-refractivity contribution in [2.24, 2.45) is 9.98 Å². The molecule has 0 heterocycles. The van der Waals surface area contributed by atoms with Crippen LogP contribution in [0.1, 0.15) is 0 Å². The second-order valence-corrected chi connectivity index (χ2v) is 6.82. The molecule has 9 heteroatoms. The summed E-state index contributed by atoms with van der Waals surface area (Å²) in [6.45, 7) is 1.38. The molecule has 0 spiro atoms. The minimum absolute atomic E-state index is 0.194. The molecule has 6 nitrogen and oxygen atoms in total. The van der Waals surface area contributed by atoms with Gasteiger partial charge in [-0.15, -0.1) is 0 Å². The Morgan fingerprint density at radius 3 is 1.00 bits per heavy atom. The van der Waals surface area contributed by atoms with Crippen LogP contribution in [0.25, 0.3) is 0 Å². The Morgan fingerprint density at radius 2 is 0.857 bits per heavy atom. The molecule has 0 unspecified atom stereocenters. The number of rotatable bonds is 3. The van der Waals surface area contributed by atoms with Gasteiger partial charge >= 0.3 is 33.3 Å². The first-order valence-corrected chi connectivity index (χ1v) is 9.36. The first-order valence-electron chi connectivity index (χ1n) is 6.32. The van der Waals surface area contributed by atoms with E-state index in [4.69, 9.17) is 20.2 Å². The Hall–Kier alpha value is -0.361. The van der Waals surface area contributed by atoms with Gasteiger partial charge in [0.25, 0.3) is 0 Å². The molecule has 0 rings (SSSR count). The van der Waals surface area contributed by atoms with Crippen LogP contribution in [-0.2, 0) is 13.1 Å². The summed E-state index contributed by atoms with van der Waals surface area (Å²) >= 11 is 0.194. The molecule has 0 aromatic carbocycles. The first-order chi connectivity index (χ1) is 9.68. The van der Waals surface area contributed by atoms with Crippen LogP contribution in [0.5, 0.6) is 0 Å². The molecule has 0 bridgehead atoms. The van der Waals surface area contributed by atoms with Gasteiger partial charge in [0.05, 0.1) is 13.1 Å². The number of hydrogen-bond donors (Lipinski definition) is 0. The van der Waals surface area contributed by atoms with Crippen molar-refractivity contribution in [3.8, 4) is 0 Å². The summed E-state index contributed by atoms with van der Waals surface area (Å²) in [5.41, 5.74) is 0. The van der Waals surface area contributed by atoms with Crippen LogP contribution in [-0.4, -0.2) is 101 Å². The molecular formula is C12H28Cl2FeN6. The summed E-state index contributed by atoms with van der Waals surface area (Å²) < 4.78 is 0. The molecule has 0 N–H and O–H groups in total. The van der Waals surface area contributed by atoms with Gasteiger partial charge in [-0.1, -0.05) is 0 Å². The fourth-order valence-electron chi connectivity index (χ4n) is 1.67. The van der Waals surface area contributed by atoms with E-state index in [-0.39, 0.29) is 13.1 Å².